The van der Waals surface area contributed by atoms with E-state index in [-0.39, 0.29) is 0 Å². The van der Waals surface area contributed by atoms with Crippen molar-refractivity contribution in [3.05, 3.63) is 47.5 Å². The zero-order chi connectivity index (χ0) is 15.3. The molecule has 4 aromatic rings. The molecule has 0 saturated heterocycles. The van der Waals surface area contributed by atoms with Gasteiger partial charge in [0.05, 0.1) is 35.1 Å². The van der Waals surface area contributed by atoms with Gasteiger partial charge in [-0.2, -0.15) is 0 Å². The molecule has 0 aliphatic heterocycles. The number of imidazole rings is 1. The average Bonchev–Trinajstić information content (AvgIpc) is 3.11. The molecular weight excluding hydrogens is 300 g/mol. The van der Waals surface area contributed by atoms with Crippen molar-refractivity contribution in [2.45, 2.75) is 6.92 Å². The Labute approximate surface area is 131 Å². The summed E-state index contributed by atoms with van der Waals surface area (Å²) in [7, 11) is 1.62. The van der Waals surface area contributed by atoms with Crippen LogP contribution in [0.25, 0.3) is 27.9 Å². The van der Waals surface area contributed by atoms with Gasteiger partial charge in [-0.15, -0.1) is 0 Å². The van der Waals surface area contributed by atoms with Gasteiger partial charge in [-0.25, -0.2) is 9.97 Å². The number of aryl methyl sites for hydroxylation is 1. The van der Waals surface area contributed by atoms with Gasteiger partial charge >= 0.3 is 0 Å². The number of nitrogens with one attached hydrogen (secondary N) is 1. The summed E-state index contributed by atoms with van der Waals surface area (Å²) in [4.78, 5) is 12.3. The quantitative estimate of drug-likeness (QED) is 0.611. The van der Waals surface area contributed by atoms with Crippen LogP contribution in [0.15, 0.2) is 36.7 Å². The highest BCUT2D eigenvalue weighted by Gasteiger charge is 2.16. The van der Waals surface area contributed by atoms with Crippen LogP contribution in [0.4, 0.5) is 0 Å². The number of ether oxygens (including phenoxy) is 1. The topological polar surface area (TPSA) is 55.2 Å². The van der Waals surface area contributed by atoms with E-state index in [1.807, 2.05) is 37.5 Å². The molecule has 3 heterocycles. The van der Waals surface area contributed by atoms with E-state index in [0.717, 1.165) is 39.5 Å². The number of hydrogen-bond donors (Lipinski definition) is 1. The lowest BCUT2D eigenvalue weighted by molar-refractivity contribution is 0.415. The van der Waals surface area contributed by atoms with Crippen LogP contribution in [0, 0.1) is 6.92 Å². The first kappa shape index (κ1) is 13.2. The fourth-order valence-corrected chi connectivity index (χ4v) is 3.01. The number of hydrogen-bond acceptors (Lipinski definition) is 3. The van der Waals surface area contributed by atoms with Gasteiger partial charge in [0, 0.05) is 11.8 Å². The monoisotopic (exact) mass is 312 g/mol. The zero-order valence-corrected chi connectivity index (χ0v) is 12.8. The molecule has 6 heteroatoms. The molecular formula is C16H13ClN4O. The number of benzene rings is 1. The van der Waals surface area contributed by atoms with Gasteiger partial charge in [0.2, 0.25) is 0 Å². The van der Waals surface area contributed by atoms with Crippen LogP contribution >= 0.6 is 11.6 Å². The van der Waals surface area contributed by atoms with E-state index < -0.39 is 0 Å². The fraction of sp³-hybridized carbons (Fsp3) is 0.125. The van der Waals surface area contributed by atoms with Crippen molar-refractivity contribution in [2.24, 2.45) is 0 Å². The average molecular weight is 313 g/mol. The molecule has 0 atom stereocenters. The molecule has 0 fully saturated rings. The number of aromatic nitrogens is 4. The molecule has 0 saturated carbocycles. The van der Waals surface area contributed by atoms with Crippen molar-refractivity contribution in [1.82, 2.24) is 19.4 Å². The van der Waals surface area contributed by atoms with Gasteiger partial charge in [-0.1, -0.05) is 11.6 Å². The smallest absolute Gasteiger partial charge is 0.154 e. The van der Waals surface area contributed by atoms with Gasteiger partial charge in [-0.05, 0) is 31.2 Å². The van der Waals surface area contributed by atoms with Crippen molar-refractivity contribution in [2.75, 3.05) is 7.11 Å². The van der Waals surface area contributed by atoms with Crippen LogP contribution in [0.3, 0.4) is 0 Å². The second kappa shape index (κ2) is 4.74. The molecule has 0 aliphatic carbocycles. The van der Waals surface area contributed by atoms with Crippen LogP contribution in [0.1, 0.15) is 5.82 Å². The Morgan fingerprint density at radius 2 is 2.09 bits per heavy atom. The highest BCUT2D eigenvalue weighted by Crippen LogP contribution is 2.34. The third kappa shape index (κ3) is 1.79. The maximum atomic E-state index is 6.39. The first-order valence-electron chi connectivity index (χ1n) is 6.84. The Balaban J connectivity index is 2.03. The predicted molar refractivity (Wildman–Crippen MR) is 86.6 cm³/mol. The first-order valence-corrected chi connectivity index (χ1v) is 7.22. The van der Waals surface area contributed by atoms with E-state index >= 15 is 0 Å². The summed E-state index contributed by atoms with van der Waals surface area (Å²) in [6.07, 6.45) is 3.69. The highest BCUT2D eigenvalue weighted by molar-refractivity contribution is 6.33. The van der Waals surface area contributed by atoms with E-state index in [2.05, 4.69) is 19.4 Å². The van der Waals surface area contributed by atoms with E-state index in [4.69, 9.17) is 16.3 Å². The summed E-state index contributed by atoms with van der Waals surface area (Å²) in [6, 6.07) is 7.58. The van der Waals surface area contributed by atoms with Crippen molar-refractivity contribution in [1.29, 1.82) is 0 Å². The number of H-pyrrole nitrogens is 1. The Kier molecular flexibility index (Phi) is 2.84. The third-order valence-corrected chi connectivity index (χ3v) is 4.09. The fourth-order valence-electron chi connectivity index (χ4n) is 2.75. The Bertz CT molecular complexity index is 1000. The van der Waals surface area contributed by atoms with E-state index in [9.17, 15) is 0 Å². The Morgan fingerprint density at radius 3 is 2.86 bits per heavy atom. The molecule has 0 unspecified atom stereocenters. The predicted octanol–water partition coefficient (Wildman–Crippen LogP) is 3.85. The number of methoxy groups -OCH3 is 1. The molecule has 22 heavy (non-hydrogen) atoms. The van der Waals surface area contributed by atoms with E-state index in [1.54, 1.807) is 13.2 Å². The lowest BCUT2D eigenvalue weighted by atomic mass is 10.1. The van der Waals surface area contributed by atoms with Crippen molar-refractivity contribution in [3.8, 4) is 17.0 Å². The second-order valence-corrected chi connectivity index (χ2v) is 5.45. The Morgan fingerprint density at radius 1 is 1.23 bits per heavy atom. The highest BCUT2D eigenvalue weighted by atomic mass is 35.5. The van der Waals surface area contributed by atoms with Crippen LogP contribution in [0.5, 0.6) is 5.75 Å². The lowest BCUT2D eigenvalue weighted by Gasteiger charge is -2.05. The van der Waals surface area contributed by atoms with Crippen molar-refractivity contribution >= 4 is 28.3 Å². The summed E-state index contributed by atoms with van der Waals surface area (Å²) in [5.41, 5.74) is 4.45. The normalized spacial score (nSPS) is 11.4. The molecule has 0 bridgehead atoms. The molecule has 5 nitrogen and oxygen atoms in total. The summed E-state index contributed by atoms with van der Waals surface area (Å²) in [6.45, 7) is 1.97. The molecule has 4 rings (SSSR count). The SMILES string of the molecule is COc1ccc(-c2nc(C)n3c2cnc2[nH]ccc23)c(Cl)c1. The third-order valence-electron chi connectivity index (χ3n) is 3.77. The van der Waals surface area contributed by atoms with Crippen LogP contribution in [-0.2, 0) is 0 Å². The molecule has 0 spiro atoms. The van der Waals surface area contributed by atoms with Crippen molar-refractivity contribution < 1.29 is 4.74 Å². The summed E-state index contributed by atoms with van der Waals surface area (Å²) < 4.78 is 7.28. The summed E-state index contributed by atoms with van der Waals surface area (Å²) in [5, 5.41) is 0.605. The standard InChI is InChI=1S/C16H13ClN4O/c1-9-20-15(11-4-3-10(22-2)7-12(11)17)14-8-19-16-13(21(9)14)5-6-18-16/h3-8,18H,1-2H3. The minimum absolute atomic E-state index is 0.605. The number of halogens is 1. The molecule has 1 N–H and O–H groups in total. The lowest BCUT2D eigenvalue weighted by Crippen LogP contribution is -1.91. The molecule has 110 valence electrons. The van der Waals surface area contributed by atoms with Crippen molar-refractivity contribution in [3.63, 3.8) is 0 Å². The minimum atomic E-state index is 0.605. The maximum absolute atomic E-state index is 6.39. The molecule has 0 aliphatic rings. The number of fused-ring (bicyclic) bond motifs is 3. The molecule has 0 radical (unpaired) electrons. The van der Waals surface area contributed by atoms with Crippen LogP contribution < -0.4 is 4.74 Å². The first-order chi connectivity index (χ1) is 10.7. The maximum Gasteiger partial charge on any atom is 0.154 e. The molecule has 3 aromatic heterocycles. The van der Waals surface area contributed by atoms with Gasteiger partial charge in [0.15, 0.2) is 5.65 Å². The van der Waals surface area contributed by atoms with Gasteiger partial charge in [0.1, 0.15) is 11.6 Å². The number of nitrogens with zero attached hydrogens (tertiary/aromatic N) is 3. The van der Waals surface area contributed by atoms with E-state index in [0.29, 0.717) is 5.02 Å². The summed E-state index contributed by atoms with van der Waals surface area (Å²) >= 11 is 6.39. The largest absolute Gasteiger partial charge is 0.497 e. The molecule has 1 aromatic carbocycles. The Hall–Kier alpha value is -2.53. The zero-order valence-electron chi connectivity index (χ0n) is 12.1. The summed E-state index contributed by atoms with van der Waals surface area (Å²) in [5.74, 6) is 1.61. The number of aromatic amines is 1. The van der Waals surface area contributed by atoms with E-state index in [1.165, 1.54) is 0 Å². The van der Waals surface area contributed by atoms with Crippen LogP contribution in [-0.4, -0.2) is 26.5 Å². The number of rotatable bonds is 2. The minimum Gasteiger partial charge on any atom is -0.497 e. The van der Waals surface area contributed by atoms with Gasteiger partial charge in [-0.3, -0.25) is 4.40 Å². The van der Waals surface area contributed by atoms with Crippen LogP contribution in [0.2, 0.25) is 5.02 Å². The van der Waals surface area contributed by atoms with Gasteiger partial charge < -0.3 is 9.72 Å². The molecule has 0 amide bonds. The second-order valence-electron chi connectivity index (χ2n) is 5.04. The van der Waals surface area contributed by atoms with Gasteiger partial charge in [0.25, 0.3) is 0 Å².